The number of carbonyl (C=O) groups is 1. The largest absolute Gasteiger partial charge is 0.459 e. The molecule has 0 heterocycles. The highest BCUT2D eigenvalue weighted by Gasteiger charge is 2.27. The zero-order valence-electron chi connectivity index (χ0n) is 14.7. The first kappa shape index (κ1) is 18.4. The average molecular weight is 304 g/mol. The molecular weight excluding hydrogens is 274 g/mol. The van der Waals surface area contributed by atoms with Gasteiger partial charge in [0.05, 0.1) is 19.5 Å². The van der Waals surface area contributed by atoms with Crippen LogP contribution in [-0.2, 0) is 16.1 Å². The number of ether oxygens (including phenoxy) is 1. The summed E-state index contributed by atoms with van der Waals surface area (Å²) >= 11 is 0. The maximum absolute atomic E-state index is 12.0. The fraction of sp³-hybridized carbons (Fsp3) is 0.526. The number of hydrogen-bond donors (Lipinski definition) is 0. The van der Waals surface area contributed by atoms with Gasteiger partial charge in [0.15, 0.2) is 0 Å². The quantitative estimate of drug-likeness (QED) is 0.538. The average Bonchev–Trinajstić information content (AvgIpc) is 2.47. The summed E-state index contributed by atoms with van der Waals surface area (Å²) in [4.78, 5) is 12.0. The van der Waals surface area contributed by atoms with E-state index in [-0.39, 0.29) is 5.97 Å². The van der Waals surface area contributed by atoms with E-state index in [9.17, 15) is 4.79 Å². The highest BCUT2D eigenvalue weighted by molar-refractivity contribution is 5.75. The molecule has 3 nitrogen and oxygen atoms in total. The molecule has 1 rings (SSSR count). The van der Waals surface area contributed by atoms with Gasteiger partial charge in [0.2, 0.25) is 0 Å². The predicted molar refractivity (Wildman–Crippen MR) is 92.2 cm³/mol. The summed E-state index contributed by atoms with van der Waals surface area (Å²) in [5, 5.41) is 0. The molecule has 122 valence electrons. The molecule has 1 aromatic carbocycles. The number of nitrogens with zero attached hydrogens (tertiary/aromatic N) is 1. The maximum atomic E-state index is 12.0. The standard InChI is InChI=1S/C19H30NO2/c1-7-16-9-11-17(12-10-16)15-20(5,6)13-14-22-18(21)19(3,4)8-2/h7,9-12H,1,8,13-15H2,2-6H3/q+1. The summed E-state index contributed by atoms with van der Waals surface area (Å²) in [5.41, 5.74) is 2.01. The molecule has 0 bridgehead atoms. The second-order valence-corrected chi connectivity index (χ2v) is 7.14. The normalized spacial score (nSPS) is 12.0. The van der Waals surface area contributed by atoms with E-state index in [0.717, 1.165) is 29.6 Å². The lowest BCUT2D eigenvalue weighted by Crippen LogP contribution is -2.42. The van der Waals surface area contributed by atoms with Crippen LogP contribution < -0.4 is 0 Å². The van der Waals surface area contributed by atoms with Gasteiger partial charge >= 0.3 is 5.97 Å². The highest BCUT2D eigenvalue weighted by Crippen LogP contribution is 2.21. The second-order valence-electron chi connectivity index (χ2n) is 7.14. The van der Waals surface area contributed by atoms with E-state index >= 15 is 0 Å². The summed E-state index contributed by atoms with van der Waals surface area (Å²) < 4.78 is 6.22. The van der Waals surface area contributed by atoms with Gasteiger partial charge in [-0.05, 0) is 25.8 Å². The second kappa shape index (κ2) is 7.59. The zero-order chi connectivity index (χ0) is 16.8. The van der Waals surface area contributed by atoms with E-state index < -0.39 is 5.41 Å². The van der Waals surface area contributed by atoms with Gasteiger partial charge in [0, 0.05) is 5.56 Å². The van der Waals surface area contributed by atoms with Crippen LogP contribution in [0.4, 0.5) is 0 Å². The van der Waals surface area contributed by atoms with Crippen LogP contribution in [0, 0.1) is 5.41 Å². The van der Waals surface area contributed by atoms with Gasteiger partial charge in [0.1, 0.15) is 19.7 Å². The lowest BCUT2D eigenvalue weighted by atomic mass is 9.91. The van der Waals surface area contributed by atoms with Gasteiger partial charge in [-0.15, -0.1) is 0 Å². The van der Waals surface area contributed by atoms with Crippen LogP contribution in [0.3, 0.4) is 0 Å². The van der Waals surface area contributed by atoms with Crippen molar-refractivity contribution >= 4 is 12.0 Å². The smallest absolute Gasteiger partial charge is 0.311 e. The minimum Gasteiger partial charge on any atom is -0.459 e. The SMILES string of the molecule is C=Cc1ccc(C[N+](C)(C)CCOC(=O)C(C)(C)CC)cc1. The van der Waals surface area contributed by atoms with Crippen molar-refractivity contribution in [2.24, 2.45) is 5.41 Å². The Labute approximate surface area is 135 Å². The van der Waals surface area contributed by atoms with Crippen molar-refractivity contribution in [1.82, 2.24) is 0 Å². The van der Waals surface area contributed by atoms with Crippen molar-refractivity contribution in [3.63, 3.8) is 0 Å². The Balaban J connectivity index is 2.49. The van der Waals surface area contributed by atoms with Gasteiger partial charge in [-0.25, -0.2) is 0 Å². The summed E-state index contributed by atoms with van der Waals surface area (Å²) in [5.74, 6) is -0.106. The van der Waals surface area contributed by atoms with Gasteiger partial charge in [-0.3, -0.25) is 4.79 Å². The van der Waals surface area contributed by atoms with E-state index in [0.29, 0.717) is 6.61 Å². The van der Waals surface area contributed by atoms with Crippen LogP contribution in [0.5, 0.6) is 0 Å². The first-order valence-electron chi connectivity index (χ1n) is 7.91. The lowest BCUT2D eigenvalue weighted by Gasteiger charge is -2.30. The van der Waals surface area contributed by atoms with Crippen molar-refractivity contribution in [3.8, 4) is 0 Å². The van der Waals surface area contributed by atoms with Crippen LogP contribution in [0.25, 0.3) is 6.08 Å². The summed E-state index contributed by atoms with van der Waals surface area (Å²) in [7, 11) is 4.31. The van der Waals surface area contributed by atoms with Gasteiger partial charge in [-0.1, -0.05) is 43.8 Å². The topological polar surface area (TPSA) is 26.3 Å². The third-order valence-electron chi connectivity index (χ3n) is 4.19. The van der Waals surface area contributed by atoms with Crippen LogP contribution in [0.2, 0.25) is 0 Å². The Morgan fingerprint density at radius 3 is 2.36 bits per heavy atom. The highest BCUT2D eigenvalue weighted by atomic mass is 16.5. The van der Waals surface area contributed by atoms with Gasteiger partial charge in [-0.2, -0.15) is 0 Å². The first-order valence-corrected chi connectivity index (χ1v) is 7.91. The molecule has 1 aromatic rings. The van der Waals surface area contributed by atoms with Crippen molar-refractivity contribution in [1.29, 1.82) is 0 Å². The Morgan fingerprint density at radius 2 is 1.86 bits per heavy atom. The van der Waals surface area contributed by atoms with E-state index in [4.69, 9.17) is 4.74 Å². The van der Waals surface area contributed by atoms with Crippen molar-refractivity contribution < 1.29 is 14.0 Å². The molecule has 0 aliphatic carbocycles. The molecule has 0 saturated carbocycles. The van der Waals surface area contributed by atoms with Crippen molar-refractivity contribution in [2.75, 3.05) is 27.2 Å². The molecule has 0 N–H and O–H groups in total. The third-order valence-corrected chi connectivity index (χ3v) is 4.19. The fourth-order valence-electron chi connectivity index (χ4n) is 2.06. The van der Waals surface area contributed by atoms with Gasteiger partial charge in [0.25, 0.3) is 0 Å². The number of benzene rings is 1. The molecule has 0 atom stereocenters. The first-order chi connectivity index (χ1) is 10.2. The molecule has 0 radical (unpaired) electrons. The number of hydrogen-bond acceptors (Lipinski definition) is 2. The molecule has 0 aromatic heterocycles. The Bertz CT molecular complexity index is 501. The van der Waals surface area contributed by atoms with Crippen LogP contribution >= 0.6 is 0 Å². The lowest BCUT2D eigenvalue weighted by molar-refractivity contribution is -0.903. The molecule has 0 fully saturated rings. The van der Waals surface area contributed by atoms with Crippen LogP contribution in [0.15, 0.2) is 30.8 Å². The Morgan fingerprint density at radius 1 is 1.27 bits per heavy atom. The molecule has 22 heavy (non-hydrogen) atoms. The van der Waals surface area contributed by atoms with Crippen LogP contribution in [-0.4, -0.2) is 37.7 Å². The number of quaternary nitrogens is 1. The monoisotopic (exact) mass is 304 g/mol. The van der Waals surface area contributed by atoms with E-state index in [1.165, 1.54) is 5.56 Å². The summed E-state index contributed by atoms with van der Waals surface area (Å²) in [6.45, 7) is 11.8. The molecule has 0 saturated heterocycles. The number of carbonyl (C=O) groups excluding carboxylic acids is 1. The maximum Gasteiger partial charge on any atom is 0.311 e. The predicted octanol–water partition coefficient (Wildman–Crippen LogP) is 3.89. The zero-order valence-corrected chi connectivity index (χ0v) is 14.7. The molecule has 0 spiro atoms. The Hall–Kier alpha value is -1.61. The number of likely N-dealkylation sites (N-methyl/N-ethyl adjacent to an activating group) is 1. The molecule has 0 aliphatic heterocycles. The molecule has 0 amide bonds. The number of rotatable bonds is 8. The fourth-order valence-corrected chi connectivity index (χ4v) is 2.06. The third kappa shape index (κ3) is 5.64. The minimum absolute atomic E-state index is 0.106. The van der Waals surface area contributed by atoms with E-state index in [2.05, 4.69) is 44.9 Å². The van der Waals surface area contributed by atoms with Crippen molar-refractivity contribution in [3.05, 3.63) is 42.0 Å². The summed E-state index contributed by atoms with van der Waals surface area (Å²) in [6.07, 6.45) is 2.64. The van der Waals surface area contributed by atoms with E-state index in [1.54, 1.807) is 0 Å². The molecule has 0 aliphatic rings. The Kier molecular flexibility index (Phi) is 6.36. The molecule has 3 heteroatoms. The molecular formula is C19H30NO2+. The number of esters is 1. The molecule has 0 unspecified atom stereocenters. The van der Waals surface area contributed by atoms with Gasteiger partial charge < -0.3 is 9.22 Å². The van der Waals surface area contributed by atoms with Crippen LogP contribution in [0.1, 0.15) is 38.3 Å². The summed E-state index contributed by atoms with van der Waals surface area (Å²) in [6, 6.07) is 8.41. The van der Waals surface area contributed by atoms with Crippen molar-refractivity contribution in [2.45, 2.75) is 33.7 Å². The van der Waals surface area contributed by atoms with E-state index in [1.807, 2.05) is 26.8 Å². The minimum atomic E-state index is -0.391.